The third-order valence-corrected chi connectivity index (χ3v) is 6.24. The smallest absolute Gasteiger partial charge is 0.264 e. The van der Waals surface area contributed by atoms with Gasteiger partial charge in [-0.15, -0.1) is 0 Å². The van der Waals surface area contributed by atoms with Crippen LogP contribution in [0.4, 0.5) is 5.69 Å². The molecule has 0 atom stereocenters. The summed E-state index contributed by atoms with van der Waals surface area (Å²) >= 11 is 0. The Morgan fingerprint density at radius 2 is 1.41 bits per heavy atom. The highest BCUT2D eigenvalue weighted by Gasteiger charge is 2.25. The summed E-state index contributed by atoms with van der Waals surface area (Å²) in [7, 11) is -2.30. The first-order valence-electron chi connectivity index (χ1n) is 8.57. The highest BCUT2D eigenvalue weighted by Crippen LogP contribution is 2.28. The predicted molar refractivity (Wildman–Crippen MR) is 108 cm³/mol. The van der Waals surface area contributed by atoms with Crippen molar-refractivity contribution in [3.05, 3.63) is 95.1 Å². The lowest BCUT2D eigenvalue weighted by Gasteiger charge is -2.22. The van der Waals surface area contributed by atoms with Crippen LogP contribution >= 0.6 is 0 Å². The third-order valence-electron chi connectivity index (χ3n) is 4.45. The predicted octanol–water partition coefficient (Wildman–Crippen LogP) is 4.36. The molecule has 0 aromatic heterocycles. The number of sulfonamides is 1. The second-order valence-corrected chi connectivity index (χ2v) is 8.47. The SMILES string of the molecule is Cc1ccc(S(=O)(=O)N(C)c2ccc(C)cc2C(=O)c2ccccc2)cc1. The van der Waals surface area contributed by atoms with E-state index in [-0.39, 0.29) is 10.7 Å². The van der Waals surface area contributed by atoms with Gasteiger partial charge >= 0.3 is 0 Å². The minimum atomic E-state index is -3.78. The molecular weight excluding hydrogens is 358 g/mol. The van der Waals surface area contributed by atoms with Crippen molar-refractivity contribution in [3.8, 4) is 0 Å². The fourth-order valence-corrected chi connectivity index (χ4v) is 4.06. The summed E-state index contributed by atoms with van der Waals surface area (Å²) in [6.45, 7) is 3.77. The third kappa shape index (κ3) is 3.78. The van der Waals surface area contributed by atoms with Gasteiger partial charge in [0.1, 0.15) is 0 Å². The van der Waals surface area contributed by atoms with Crippen molar-refractivity contribution in [2.75, 3.05) is 11.4 Å². The molecule has 0 aliphatic carbocycles. The minimum Gasteiger partial charge on any atom is -0.289 e. The Bertz CT molecular complexity index is 1070. The minimum absolute atomic E-state index is 0.189. The number of benzene rings is 3. The van der Waals surface area contributed by atoms with Crippen LogP contribution in [-0.2, 0) is 10.0 Å². The highest BCUT2D eigenvalue weighted by molar-refractivity contribution is 7.92. The van der Waals surface area contributed by atoms with E-state index in [0.717, 1.165) is 11.1 Å². The van der Waals surface area contributed by atoms with Gasteiger partial charge in [-0.2, -0.15) is 0 Å². The molecule has 0 N–H and O–H groups in total. The highest BCUT2D eigenvalue weighted by atomic mass is 32.2. The number of nitrogens with zero attached hydrogens (tertiary/aromatic N) is 1. The maximum atomic E-state index is 13.1. The second-order valence-electron chi connectivity index (χ2n) is 6.50. The van der Waals surface area contributed by atoms with Gasteiger partial charge in [-0.25, -0.2) is 8.42 Å². The molecule has 0 amide bonds. The van der Waals surface area contributed by atoms with Crippen molar-refractivity contribution in [3.63, 3.8) is 0 Å². The average molecular weight is 379 g/mol. The Balaban J connectivity index is 2.09. The van der Waals surface area contributed by atoms with Crippen molar-refractivity contribution >= 4 is 21.5 Å². The molecule has 4 nitrogen and oxygen atoms in total. The van der Waals surface area contributed by atoms with Crippen molar-refractivity contribution in [2.24, 2.45) is 0 Å². The van der Waals surface area contributed by atoms with E-state index in [1.807, 2.05) is 19.9 Å². The lowest BCUT2D eigenvalue weighted by molar-refractivity contribution is 0.103. The number of anilines is 1. The molecule has 0 bridgehead atoms. The molecule has 27 heavy (non-hydrogen) atoms. The first kappa shape index (κ1) is 18.9. The van der Waals surface area contributed by atoms with Gasteiger partial charge < -0.3 is 0 Å². The molecule has 0 heterocycles. The summed E-state index contributed by atoms with van der Waals surface area (Å²) in [5.74, 6) is -0.208. The van der Waals surface area contributed by atoms with Gasteiger partial charge in [-0.1, -0.05) is 59.7 Å². The molecule has 3 aromatic rings. The number of carbonyl (C=O) groups is 1. The van der Waals surface area contributed by atoms with Crippen LogP contribution < -0.4 is 4.31 Å². The number of ketones is 1. The van der Waals surface area contributed by atoms with E-state index in [1.165, 1.54) is 11.4 Å². The quantitative estimate of drug-likeness (QED) is 0.619. The van der Waals surface area contributed by atoms with E-state index < -0.39 is 10.0 Å². The Morgan fingerprint density at radius 3 is 2.04 bits per heavy atom. The number of carbonyl (C=O) groups excluding carboxylic acids is 1. The van der Waals surface area contributed by atoms with Gasteiger partial charge in [0, 0.05) is 18.2 Å². The molecule has 0 aliphatic heterocycles. The standard InChI is InChI=1S/C22H21NO3S/c1-16-9-12-19(13-10-16)27(25,26)23(3)21-14-11-17(2)15-20(21)22(24)18-7-5-4-6-8-18/h4-15H,1-3H3. The van der Waals surface area contributed by atoms with Gasteiger partial charge in [0.2, 0.25) is 0 Å². The van der Waals surface area contributed by atoms with E-state index in [2.05, 4.69) is 0 Å². The topological polar surface area (TPSA) is 54.5 Å². The second kappa shape index (κ2) is 7.37. The lowest BCUT2D eigenvalue weighted by Crippen LogP contribution is -2.28. The molecule has 0 aliphatic rings. The molecule has 3 aromatic carbocycles. The summed E-state index contributed by atoms with van der Waals surface area (Å²) < 4.78 is 27.3. The van der Waals surface area contributed by atoms with Crippen LogP contribution in [-0.4, -0.2) is 21.2 Å². The summed E-state index contributed by atoms with van der Waals surface area (Å²) in [5, 5.41) is 0. The van der Waals surface area contributed by atoms with Crippen LogP contribution in [0.2, 0.25) is 0 Å². The molecule has 138 valence electrons. The number of hydrogen-bond donors (Lipinski definition) is 0. The van der Waals surface area contributed by atoms with Crippen LogP contribution in [0.5, 0.6) is 0 Å². The Kier molecular flexibility index (Phi) is 5.15. The van der Waals surface area contributed by atoms with Crippen molar-refractivity contribution in [1.82, 2.24) is 0 Å². The van der Waals surface area contributed by atoms with Crippen LogP contribution in [0.3, 0.4) is 0 Å². The normalized spacial score (nSPS) is 11.2. The van der Waals surface area contributed by atoms with Gasteiger partial charge in [-0.05, 0) is 38.1 Å². The van der Waals surface area contributed by atoms with Crippen molar-refractivity contribution in [1.29, 1.82) is 0 Å². The molecule has 0 saturated carbocycles. The van der Waals surface area contributed by atoms with Gasteiger partial charge in [0.25, 0.3) is 10.0 Å². The lowest BCUT2D eigenvalue weighted by atomic mass is 10.00. The molecule has 0 saturated heterocycles. The number of rotatable bonds is 5. The number of aryl methyl sites for hydroxylation is 2. The van der Waals surface area contributed by atoms with Crippen LogP contribution in [0.25, 0.3) is 0 Å². The summed E-state index contributed by atoms with van der Waals surface area (Å²) in [5.41, 5.74) is 3.10. The summed E-state index contributed by atoms with van der Waals surface area (Å²) in [6.07, 6.45) is 0. The van der Waals surface area contributed by atoms with Crippen molar-refractivity contribution in [2.45, 2.75) is 18.7 Å². The zero-order valence-corrected chi connectivity index (χ0v) is 16.3. The van der Waals surface area contributed by atoms with Crippen LogP contribution in [0, 0.1) is 13.8 Å². The van der Waals surface area contributed by atoms with E-state index in [0.29, 0.717) is 16.8 Å². The van der Waals surface area contributed by atoms with E-state index >= 15 is 0 Å². The van der Waals surface area contributed by atoms with Crippen LogP contribution in [0.1, 0.15) is 27.0 Å². The first-order valence-corrected chi connectivity index (χ1v) is 10.0. The van der Waals surface area contributed by atoms with E-state index in [9.17, 15) is 13.2 Å². The average Bonchev–Trinajstić information content (AvgIpc) is 2.68. The number of hydrogen-bond acceptors (Lipinski definition) is 3. The zero-order chi connectivity index (χ0) is 19.6. The Hall–Kier alpha value is -2.92. The van der Waals surface area contributed by atoms with Gasteiger partial charge in [0.15, 0.2) is 5.78 Å². The zero-order valence-electron chi connectivity index (χ0n) is 15.5. The summed E-state index contributed by atoms with van der Waals surface area (Å²) in [6, 6.07) is 20.7. The Morgan fingerprint density at radius 1 is 0.815 bits per heavy atom. The van der Waals surface area contributed by atoms with Crippen LogP contribution in [0.15, 0.2) is 77.7 Å². The van der Waals surface area contributed by atoms with Crippen molar-refractivity contribution < 1.29 is 13.2 Å². The molecule has 0 spiro atoms. The monoisotopic (exact) mass is 379 g/mol. The van der Waals surface area contributed by atoms with Gasteiger partial charge in [0.05, 0.1) is 10.6 Å². The largest absolute Gasteiger partial charge is 0.289 e. The fourth-order valence-electron chi connectivity index (χ4n) is 2.85. The molecular formula is C22H21NO3S. The maximum absolute atomic E-state index is 13.1. The van der Waals surface area contributed by atoms with E-state index in [4.69, 9.17) is 0 Å². The molecule has 3 rings (SSSR count). The Labute approximate surface area is 160 Å². The van der Waals surface area contributed by atoms with E-state index in [1.54, 1.807) is 66.7 Å². The summed E-state index contributed by atoms with van der Waals surface area (Å²) in [4.78, 5) is 13.2. The molecule has 0 radical (unpaired) electrons. The molecule has 5 heteroatoms. The molecule has 0 unspecified atom stereocenters. The molecule has 0 fully saturated rings. The maximum Gasteiger partial charge on any atom is 0.264 e. The fraction of sp³-hybridized carbons (Fsp3) is 0.136. The van der Waals surface area contributed by atoms with Gasteiger partial charge in [-0.3, -0.25) is 9.10 Å². The first-order chi connectivity index (χ1) is 12.8.